The van der Waals surface area contributed by atoms with Crippen LogP contribution < -0.4 is 4.90 Å². The molecule has 0 saturated carbocycles. The molecule has 0 spiro atoms. The van der Waals surface area contributed by atoms with Crippen LogP contribution >= 0.6 is 0 Å². The van der Waals surface area contributed by atoms with Crippen LogP contribution in [-0.4, -0.2) is 0 Å². The SMILES string of the molecule is CC1(C)c2cc(-c3ccccc3)ccc2-c2ccc(N(c3ccc(-c4ccccc4)c(-c4ccccc4)c3)c3c(-c4ccc(-c5ccccc5)cc4)c4ccccc4c4ccccc34)cc21. The lowest BCUT2D eigenvalue weighted by atomic mass is 9.81. The Labute approximate surface area is 387 Å². The van der Waals surface area contributed by atoms with Crippen LogP contribution in [0.15, 0.2) is 249 Å². The van der Waals surface area contributed by atoms with E-state index >= 15 is 0 Å². The van der Waals surface area contributed by atoms with E-state index in [4.69, 9.17) is 0 Å². The Hall–Kier alpha value is -8.26. The average molecular weight is 842 g/mol. The molecule has 11 aromatic carbocycles. The predicted molar refractivity (Wildman–Crippen MR) is 281 cm³/mol. The van der Waals surface area contributed by atoms with E-state index in [2.05, 4.69) is 267 Å². The number of nitrogens with zero attached hydrogens (tertiary/aromatic N) is 1. The van der Waals surface area contributed by atoms with Gasteiger partial charge in [-0.25, -0.2) is 0 Å². The van der Waals surface area contributed by atoms with Gasteiger partial charge in [-0.1, -0.05) is 232 Å². The predicted octanol–water partition coefficient (Wildman–Crippen LogP) is 18.1. The third kappa shape index (κ3) is 6.63. The highest BCUT2D eigenvalue weighted by Gasteiger charge is 2.37. The molecule has 1 aliphatic rings. The van der Waals surface area contributed by atoms with Crippen LogP contribution in [0.4, 0.5) is 17.1 Å². The first kappa shape index (κ1) is 39.3. The third-order valence-electron chi connectivity index (χ3n) is 13.9. The Morgan fingerprint density at radius 1 is 0.273 bits per heavy atom. The second kappa shape index (κ2) is 16.1. The summed E-state index contributed by atoms with van der Waals surface area (Å²) in [7, 11) is 0. The van der Waals surface area contributed by atoms with Crippen molar-refractivity contribution in [1.82, 2.24) is 0 Å². The lowest BCUT2D eigenvalue weighted by molar-refractivity contribution is 0.660. The molecule has 0 atom stereocenters. The van der Waals surface area contributed by atoms with Crippen molar-refractivity contribution in [2.45, 2.75) is 19.3 Å². The van der Waals surface area contributed by atoms with Crippen molar-refractivity contribution in [2.24, 2.45) is 0 Å². The summed E-state index contributed by atoms with van der Waals surface area (Å²) in [5, 5.41) is 4.88. The number of hydrogen-bond donors (Lipinski definition) is 0. The Kier molecular flexibility index (Phi) is 9.58. The van der Waals surface area contributed by atoms with E-state index in [0.717, 1.165) is 17.1 Å². The molecule has 0 unspecified atom stereocenters. The first-order valence-corrected chi connectivity index (χ1v) is 23.0. The molecule has 0 heterocycles. The molecule has 1 nitrogen and oxygen atoms in total. The Morgan fingerprint density at radius 3 is 1.27 bits per heavy atom. The molecule has 312 valence electrons. The summed E-state index contributed by atoms with van der Waals surface area (Å²) in [6.45, 7) is 4.79. The first-order chi connectivity index (χ1) is 32.5. The quantitative estimate of drug-likeness (QED) is 0.138. The molecule has 0 bridgehead atoms. The molecule has 0 aromatic heterocycles. The molecule has 1 heteroatoms. The van der Waals surface area contributed by atoms with Gasteiger partial charge in [-0.05, 0) is 119 Å². The van der Waals surface area contributed by atoms with Gasteiger partial charge < -0.3 is 4.90 Å². The van der Waals surface area contributed by atoms with Crippen LogP contribution in [0.1, 0.15) is 25.0 Å². The van der Waals surface area contributed by atoms with Crippen molar-refractivity contribution in [2.75, 3.05) is 4.90 Å². The van der Waals surface area contributed by atoms with E-state index in [1.807, 2.05) is 0 Å². The van der Waals surface area contributed by atoms with Crippen molar-refractivity contribution in [3.8, 4) is 66.8 Å². The van der Waals surface area contributed by atoms with Crippen molar-refractivity contribution in [3.63, 3.8) is 0 Å². The van der Waals surface area contributed by atoms with Crippen LogP contribution in [0.2, 0.25) is 0 Å². The standard InChI is InChI=1S/C65H47N/c1-65(2)61-41-50(45-21-9-4-10-22-45)35-38-56(61)57-40-37-52(43-62(57)65)66(51-36-39-53(47-23-11-5-12-24-47)60(42-51)48-25-13-6-14-26-48)64-59-30-18-16-28-55(59)54-27-15-17-29-58(54)63(64)49-33-31-46(32-34-49)44-19-7-3-8-20-44/h3-43H,1-2H3. The van der Waals surface area contributed by atoms with Crippen LogP contribution in [0, 0.1) is 0 Å². The van der Waals surface area contributed by atoms with Crippen molar-refractivity contribution >= 4 is 38.6 Å². The fourth-order valence-electron chi connectivity index (χ4n) is 10.6. The van der Waals surface area contributed by atoms with E-state index < -0.39 is 0 Å². The maximum absolute atomic E-state index is 2.56. The molecular weight excluding hydrogens is 795 g/mol. The Morgan fingerprint density at radius 2 is 0.667 bits per heavy atom. The zero-order chi connectivity index (χ0) is 44.2. The zero-order valence-electron chi connectivity index (χ0n) is 37.1. The van der Waals surface area contributed by atoms with E-state index in [1.165, 1.54) is 99.4 Å². The fraction of sp³-hybridized carbons (Fsp3) is 0.0462. The summed E-state index contributed by atoms with van der Waals surface area (Å²) < 4.78 is 0. The highest BCUT2D eigenvalue weighted by Crippen LogP contribution is 2.54. The van der Waals surface area contributed by atoms with Crippen LogP contribution in [0.5, 0.6) is 0 Å². The lowest BCUT2D eigenvalue weighted by Crippen LogP contribution is -2.17. The van der Waals surface area contributed by atoms with Gasteiger partial charge in [0.1, 0.15) is 0 Å². The molecule has 0 aliphatic heterocycles. The molecule has 1 aliphatic carbocycles. The van der Waals surface area contributed by atoms with Gasteiger partial charge in [0.25, 0.3) is 0 Å². The van der Waals surface area contributed by atoms with Crippen molar-refractivity contribution in [1.29, 1.82) is 0 Å². The fourth-order valence-corrected chi connectivity index (χ4v) is 10.6. The minimum Gasteiger partial charge on any atom is -0.309 e. The van der Waals surface area contributed by atoms with Gasteiger partial charge in [-0.15, -0.1) is 0 Å². The zero-order valence-corrected chi connectivity index (χ0v) is 37.1. The van der Waals surface area contributed by atoms with Crippen molar-refractivity contribution < 1.29 is 0 Å². The summed E-state index contributed by atoms with van der Waals surface area (Å²) in [6.07, 6.45) is 0. The largest absolute Gasteiger partial charge is 0.309 e. The smallest absolute Gasteiger partial charge is 0.0624 e. The maximum atomic E-state index is 2.56. The number of hydrogen-bond acceptors (Lipinski definition) is 1. The van der Waals surface area contributed by atoms with E-state index in [-0.39, 0.29) is 5.41 Å². The van der Waals surface area contributed by atoms with Gasteiger partial charge in [0.2, 0.25) is 0 Å². The second-order valence-electron chi connectivity index (χ2n) is 18.0. The number of rotatable bonds is 8. The highest BCUT2D eigenvalue weighted by atomic mass is 15.1. The van der Waals surface area contributed by atoms with Gasteiger partial charge in [0.15, 0.2) is 0 Å². The topological polar surface area (TPSA) is 3.24 Å². The molecule has 0 amide bonds. The summed E-state index contributed by atoms with van der Waals surface area (Å²) in [5.74, 6) is 0. The highest BCUT2D eigenvalue weighted by molar-refractivity contribution is 6.22. The maximum Gasteiger partial charge on any atom is 0.0624 e. The average Bonchev–Trinajstić information content (AvgIpc) is 3.62. The molecule has 0 saturated heterocycles. The van der Waals surface area contributed by atoms with Gasteiger partial charge in [-0.3, -0.25) is 0 Å². The molecule has 0 fully saturated rings. The normalized spacial score (nSPS) is 12.5. The van der Waals surface area contributed by atoms with Crippen molar-refractivity contribution in [3.05, 3.63) is 260 Å². The first-order valence-electron chi connectivity index (χ1n) is 23.0. The molecule has 11 aromatic rings. The summed E-state index contributed by atoms with van der Waals surface area (Å²) >= 11 is 0. The molecule has 66 heavy (non-hydrogen) atoms. The lowest BCUT2D eigenvalue weighted by Gasteiger charge is -2.32. The van der Waals surface area contributed by atoms with E-state index in [0.29, 0.717) is 0 Å². The van der Waals surface area contributed by atoms with Gasteiger partial charge in [-0.2, -0.15) is 0 Å². The second-order valence-corrected chi connectivity index (χ2v) is 18.0. The third-order valence-corrected chi connectivity index (χ3v) is 13.9. The van der Waals surface area contributed by atoms with Crippen LogP contribution in [0.3, 0.4) is 0 Å². The Balaban J connectivity index is 1.14. The van der Waals surface area contributed by atoms with Gasteiger partial charge >= 0.3 is 0 Å². The molecule has 0 N–H and O–H groups in total. The van der Waals surface area contributed by atoms with Crippen LogP contribution in [-0.2, 0) is 5.41 Å². The minimum absolute atomic E-state index is 0.245. The minimum atomic E-state index is -0.245. The number of fused-ring (bicyclic) bond motifs is 6. The number of anilines is 3. The summed E-state index contributed by atoms with van der Waals surface area (Å²) in [4.78, 5) is 2.56. The molecule has 0 radical (unpaired) electrons. The van der Waals surface area contributed by atoms with E-state index in [1.54, 1.807) is 0 Å². The Bertz CT molecular complexity index is 3570. The van der Waals surface area contributed by atoms with E-state index in [9.17, 15) is 0 Å². The molecule has 12 rings (SSSR count). The summed E-state index contributed by atoms with van der Waals surface area (Å²) in [5.41, 5.74) is 20.4. The summed E-state index contributed by atoms with van der Waals surface area (Å²) in [6, 6.07) is 91.6. The molecular formula is C65H47N. The van der Waals surface area contributed by atoms with Gasteiger partial charge in [0.05, 0.1) is 5.69 Å². The van der Waals surface area contributed by atoms with Gasteiger partial charge in [0, 0.05) is 27.7 Å². The monoisotopic (exact) mass is 841 g/mol. The van der Waals surface area contributed by atoms with Crippen LogP contribution in [0.25, 0.3) is 88.3 Å². The number of benzene rings is 11.